The largest absolute Gasteiger partial charge is 0.347 e. The van der Waals surface area contributed by atoms with Crippen molar-refractivity contribution in [3.05, 3.63) is 23.3 Å². The molecule has 3 heterocycles. The predicted molar refractivity (Wildman–Crippen MR) is 92.2 cm³/mol. The number of amides is 2. The van der Waals surface area contributed by atoms with E-state index in [9.17, 15) is 9.59 Å². The highest BCUT2D eigenvalue weighted by molar-refractivity contribution is 7.99. The van der Waals surface area contributed by atoms with E-state index in [1.165, 1.54) is 0 Å². The number of carbonyl (C=O) groups excluding carboxylic acids is 2. The normalized spacial score (nSPS) is 20.3. The first-order valence-electron chi connectivity index (χ1n) is 8.36. The summed E-state index contributed by atoms with van der Waals surface area (Å²) in [5.74, 6) is 2.81. The number of aromatic nitrogens is 3. The quantitative estimate of drug-likeness (QED) is 0.805. The third-order valence-corrected chi connectivity index (χ3v) is 5.41. The Labute approximate surface area is 145 Å². The Balaban J connectivity index is 1.61. The maximum atomic E-state index is 12.5. The molecule has 1 aromatic rings. The van der Waals surface area contributed by atoms with Crippen LogP contribution in [0.25, 0.3) is 0 Å². The van der Waals surface area contributed by atoms with E-state index < -0.39 is 6.04 Å². The smallest absolute Gasteiger partial charge is 0.250 e. The Morgan fingerprint density at radius 1 is 1.42 bits per heavy atom. The van der Waals surface area contributed by atoms with Gasteiger partial charge in [0.2, 0.25) is 5.91 Å². The van der Waals surface area contributed by atoms with E-state index in [0.29, 0.717) is 23.7 Å². The van der Waals surface area contributed by atoms with Gasteiger partial charge in [-0.05, 0) is 19.8 Å². The molecular weight excluding hydrogens is 326 g/mol. The summed E-state index contributed by atoms with van der Waals surface area (Å²) in [5, 5.41) is 11.2. The number of fused-ring (bicyclic) bond motifs is 1. The lowest BCUT2D eigenvalue weighted by atomic mass is 10.2. The van der Waals surface area contributed by atoms with Crippen LogP contribution in [0.15, 0.2) is 11.6 Å². The SMILES string of the molecule is CC/C=C(/C)C(=O)N1CSC[C@@H]1C(=O)NCc1nnc2n1CCC2. The molecule has 8 heteroatoms. The fourth-order valence-electron chi connectivity index (χ4n) is 3.11. The van der Waals surface area contributed by atoms with Crippen molar-refractivity contribution in [2.45, 2.75) is 52.2 Å². The molecule has 1 aromatic heterocycles. The minimum Gasteiger partial charge on any atom is -0.347 e. The van der Waals surface area contributed by atoms with Gasteiger partial charge >= 0.3 is 0 Å². The van der Waals surface area contributed by atoms with Crippen molar-refractivity contribution < 1.29 is 9.59 Å². The van der Waals surface area contributed by atoms with Crippen LogP contribution in [0.1, 0.15) is 38.3 Å². The summed E-state index contributed by atoms with van der Waals surface area (Å²) in [5.41, 5.74) is 0.702. The van der Waals surface area contributed by atoms with Crippen molar-refractivity contribution in [2.75, 3.05) is 11.6 Å². The number of hydrogen-bond acceptors (Lipinski definition) is 5. The van der Waals surface area contributed by atoms with Crippen LogP contribution in [-0.4, -0.2) is 49.2 Å². The topological polar surface area (TPSA) is 80.1 Å². The fraction of sp³-hybridized carbons (Fsp3) is 0.625. The maximum Gasteiger partial charge on any atom is 0.250 e. The van der Waals surface area contributed by atoms with Crippen molar-refractivity contribution in [3.8, 4) is 0 Å². The minimum atomic E-state index is -0.413. The van der Waals surface area contributed by atoms with E-state index in [0.717, 1.165) is 37.5 Å². The van der Waals surface area contributed by atoms with Crippen LogP contribution in [0.2, 0.25) is 0 Å². The Morgan fingerprint density at radius 2 is 2.25 bits per heavy atom. The van der Waals surface area contributed by atoms with Gasteiger partial charge in [0.25, 0.3) is 5.91 Å². The molecule has 2 amide bonds. The molecule has 0 saturated carbocycles. The van der Waals surface area contributed by atoms with Crippen LogP contribution in [0.3, 0.4) is 0 Å². The second kappa shape index (κ2) is 7.38. The van der Waals surface area contributed by atoms with Crippen LogP contribution in [0, 0.1) is 0 Å². The molecule has 7 nitrogen and oxygen atoms in total. The molecule has 2 aliphatic heterocycles. The standard InChI is InChI=1S/C16H23N5O2S/c1-3-5-11(2)16(23)21-10-24-9-12(21)15(22)17-8-14-19-18-13-6-4-7-20(13)14/h5,12H,3-4,6-10H2,1-2H3,(H,17,22)/b11-5-/t12-/m1/s1. The van der Waals surface area contributed by atoms with E-state index in [-0.39, 0.29) is 11.8 Å². The third-order valence-electron chi connectivity index (χ3n) is 4.40. The molecule has 2 aliphatic rings. The van der Waals surface area contributed by atoms with Crippen LogP contribution < -0.4 is 5.32 Å². The molecule has 24 heavy (non-hydrogen) atoms. The Hall–Kier alpha value is -1.83. The van der Waals surface area contributed by atoms with Gasteiger partial charge in [-0.1, -0.05) is 13.0 Å². The maximum absolute atomic E-state index is 12.5. The van der Waals surface area contributed by atoms with E-state index in [1.54, 1.807) is 16.7 Å². The van der Waals surface area contributed by atoms with Crippen LogP contribution in [0.4, 0.5) is 0 Å². The van der Waals surface area contributed by atoms with Gasteiger partial charge in [0, 0.05) is 24.3 Å². The molecule has 3 rings (SSSR count). The zero-order valence-electron chi connectivity index (χ0n) is 14.1. The molecule has 130 valence electrons. The van der Waals surface area contributed by atoms with Crippen molar-refractivity contribution in [1.29, 1.82) is 0 Å². The van der Waals surface area contributed by atoms with Gasteiger partial charge in [-0.15, -0.1) is 22.0 Å². The van der Waals surface area contributed by atoms with Crippen molar-refractivity contribution in [3.63, 3.8) is 0 Å². The second-order valence-electron chi connectivity index (χ2n) is 6.09. The summed E-state index contributed by atoms with van der Waals surface area (Å²) in [6, 6.07) is -0.413. The van der Waals surface area contributed by atoms with E-state index in [4.69, 9.17) is 0 Å². The molecule has 0 aliphatic carbocycles. The van der Waals surface area contributed by atoms with Gasteiger partial charge in [-0.3, -0.25) is 9.59 Å². The van der Waals surface area contributed by atoms with Crippen molar-refractivity contribution >= 4 is 23.6 Å². The average Bonchev–Trinajstić information content (AvgIpc) is 3.28. The van der Waals surface area contributed by atoms with Crippen molar-refractivity contribution in [1.82, 2.24) is 25.0 Å². The number of nitrogens with zero attached hydrogens (tertiary/aromatic N) is 4. The first-order valence-corrected chi connectivity index (χ1v) is 9.51. The molecule has 0 radical (unpaired) electrons. The van der Waals surface area contributed by atoms with E-state index in [2.05, 4.69) is 20.1 Å². The number of aryl methyl sites for hydroxylation is 1. The minimum absolute atomic E-state index is 0.0506. The second-order valence-corrected chi connectivity index (χ2v) is 7.09. The predicted octanol–water partition coefficient (Wildman–Crippen LogP) is 1.10. The fourth-order valence-corrected chi connectivity index (χ4v) is 4.26. The first kappa shape index (κ1) is 17.0. The monoisotopic (exact) mass is 349 g/mol. The summed E-state index contributed by atoms with van der Waals surface area (Å²) in [6.07, 6.45) is 4.75. The number of rotatable bonds is 5. The van der Waals surface area contributed by atoms with Gasteiger partial charge in [-0.25, -0.2) is 0 Å². The molecule has 1 fully saturated rings. The summed E-state index contributed by atoms with van der Waals surface area (Å²) in [4.78, 5) is 26.7. The molecule has 0 bridgehead atoms. The van der Waals surface area contributed by atoms with Crippen LogP contribution in [-0.2, 0) is 29.1 Å². The zero-order valence-corrected chi connectivity index (χ0v) is 14.9. The van der Waals surface area contributed by atoms with Crippen LogP contribution in [0.5, 0.6) is 0 Å². The highest BCUT2D eigenvalue weighted by atomic mass is 32.2. The van der Waals surface area contributed by atoms with Crippen LogP contribution >= 0.6 is 11.8 Å². The number of carbonyl (C=O) groups is 2. The summed E-state index contributed by atoms with van der Waals surface area (Å²) >= 11 is 1.61. The van der Waals surface area contributed by atoms with Gasteiger partial charge in [0.05, 0.1) is 12.4 Å². The highest BCUT2D eigenvalue weighted by Gasteiger charge is 2.35. The lowest BCUT2D eigenvalue weighted by Crippen LogP contribution is -2.47. The highest BCUT2D eigenvalue weighted by Crippen LogP contribution is 2.23. The Morgan fingerprint density at radius 3 is 3.04 bits per heavy atom. The molecule has 1 saturated heterocycles. The van der Waals surface area contributed by atoms with E-state index >= 15 is 0 Å². The third kappa shape index (κ3) is 3.33. The molecule has 1 N–H and O–H groups in total. The summed E-state index contributed by atoms with van der Waals surface area (Å²) < 4.78 is 2.07. The molecule has 0 aromatic carbocycles. The lowest BCUT2D eigenvalue weighted by Gasteiger charge is -2.23. The average molecular weight is 349 g/mol. The van der Waals surface area contributed by atoms with Crippen molar-refractivity contribution in [2.24, 2.45) is 0 Å². The number of nitrogens with one attached hydrogen (secondary N) is 1. The molecular formula is C16H23N5O2S. The number of allylic oxidation sites excluding steroid dienone is 1. The van der Waals surface area contributed by atoms with Gasteiger partial charge < -0.3 is 14.8 Å². The molecule has 0 unspecified atom stereocenters. The Kier molecular flexibility index (Phi) is 5.23. The lowest BCUT2D eigenvalue weighted by molar-refractivity contribution is -0.135. The summed E-state index contributed by atoms with van der Waals surface area (Å²) in [7, 11) is 0. The molecule has 1 atom stereocenters. The number of hydrogen-bond donors (Lipinski definition) is 1. The van der Waals surface area contributed by atoms with Gasteiger partial charge in [0.1, 0.15) is 11.9 Å². The number of thioether (sulfide) groups is 1. The van der Waals surface area contributed by atoms with Gasteiger partial charge in [-0.2, -0.15) is 0 Å². The summed E-state index contributed by atoms with van der Waals surface area (Å²) in [6.45, 7) is 5.08. The first-order chi connectivity index (χ1) is 11.6. The zero-order chi connectivity index (χ0) is 17.1. The van der Waals surface area contributed by atoms with E-state index in [1.807, 2.05) is 19.9 Å². The Bertz CT molecular complexity index is 669. The van der Waals surface area contributed by atoms with Gasteiger partial charge in [0.15, 0.2) is 5.82 Å². The molecule has 0 spiro atoms.